The fourth-order valence-electron chi connectivity index (χ4n) is 3.08. The van der Waals surface area contributed by atoms with Gasteiger partial charge in [0, 0.05) is 18.8 Å². The number of amides is 2. The molecule has 1 aromatic carbocycles. The number of hydrogen-bond acceptors (Lipinski definition) is 5. The Labute approximate surface area is 168 Å². The fourth-order valence-corrected chi connectivity index (χ4v) is 3.77. The molecule has 0 bridgehead atoms. The first-order valence-corrected chi connectivity index (χ1v) is 10.2. The lowest BCUT2D eigenvalue weighted by atomic mass is 9.97. The van der Waals surface area contributed by atoms with Gasteiger partial charge >= 0.3 is 5.97 Å². The van der Waals surface area contributed by atoms with Gasteiger partial charge in [0.25, 0.3) is 11.8 Å². The van der Waals surface area contributed by atoms with E-state index in [4.69, 9.17) is 4.74 Å². The smallest absolute Gasteiger partial charge is 0.309 e. The number of rotatable bonds is 5. The number of aryl methyl sites for hydroxylation is 1. The van der Waals surface area contributed by atoms with Crippen molar-refractivity contribution in [2.75, 3.05) is 18.4 Å². The highest BCUT2D eigenvalue weighted by atomic mass is 32.1. The van der Waals surface area contributed by atoms with Crippen molar-refractivity contribution < 1.29 is 19.1 Å². The van der Waals surface area contributed by atoms with Gasteiger partial charge in [0.15, 0.2) is 6.10 Å². The number of ether oxygens (including phenoxy) is 1. The molecular formula is C21H24N2O4S. The van der Waals surface area contributed by atoms with Crippen LogP contribution < -0.4 is 5.32 Å². The molecule has 0 unspecified atom stereocenters. The van der Waals surface area contributed by atoms with Crippen LogP contribution in [0.15, 0.2) is 41.8 Å². The van der Waals surface area contributed by atoms with E-state index in [1.807, 2.05) is 48.7 Å². The number of nitrogens with one attached hydrogen (secondary N) is 1. The second kappa shape index (κ2) is 9.01. The van der Waals surface area contributed by atoms with Gasteiger partial charge < -0.3 is 15.0 Å². The minimum atomic E-state index is -0.875. The van der Waals surface area contributed by atoms with Crippen LogP contribution in [-0.2, 0) is 14.3 Å². The van der Waals surface area contributed by atoms with Gasteiger partial charge in [0.1, 0.15) is 0 Å². The van der Waals surface area contributed by atoms with Crippen LogP contribution in [0.3, 0.4) is 0 Å². The maximum Gasteiger partial charge on any atom is 0.309 e. The van der Waals surface area contributed by atoms with Crippen LogP contribution in [-0.4, -0.2) is 41.9 Å². The van der Waals surface area contributed by atoms with Crippen LogP contribution in [0.1, 0.15) is 35.0 Å². The highest BCUT2D eigenvalue weighted by Gasteiger charge is 2.31. The third-order valence-electron chi connectivity index (χ3n) is 4.83. The summed E-state index contributed by atoms with van der Waals surface area (Å²) < 4.78 is 5.36. The van der Waals surface area contributed by atoms with Crippen molar-refractivity contribution in [3.05, 3.63) is 52.2 Å². The number of carbonyl (C=O) groups is 3. The Balaban J connectivity index is 1.46. The van der Waals surface area contributed by atoms with Crippen molar-refractivity contribution in [1.29, 1.82) is 0 Å². The second-order valence-corrected chi connectivity index (χ2v) is 7.93. The van der Waals surface area contributed by atoms with E-state index < -0.39 is 6.10 Å². The number of likely N-dealkylation sites (tertiary alicyclic amines) is 1. The Hall–Kier alpha value is -2.67. The van der Waals surface area contributed by atoms with E-state index in [1.165, 1.54) is 11.3 Å². The van der Waals surface area contributed by atoms with Crippen LogP contribution in [0, 0.1) is 12.8 Å². The molecule has 148 valence electrons. The van der Waals surface area contributed by atoms with E-state index in [0.717, 1.165) is 5.56 Å². The zero-order valence-electron chi connectivity index (χ0n) is 16.0. The van der Waals surface area contributed by atoms with Crippen molar-refractivity contribution in [3.63, 3.8) is 0 Å². The monoisotopic (exact) mass is 400 g/mol. The van der Waals surface area contributed by atoms with Gasteiger partial charge in [-0.3, -0.25) is 14.4 Å². The number of piperidine rings is 1. The molecule has 2 heterocycles. The van der Waals surface area contributed by atoms with Crippen LogP contribution >= 0.6 is 11.3 Å². The summed E-state index contributed by atoms with van der Waals surface area (Å²) in [4.78, 5) is 39.5. The molecule has 0 spiro atoms. The molecule has 7 heteroatoms. The number of hydrogen-bond donors (Lipinski definition) is 1. The van der Waals surface area contributed by atoms with E-state index in [0.29, 0.717) is 36.5 Å². The Morgan fingerprint density at radius 1 is 1.14 bits per heavy atom. The molecule has 1 N–H and O–H groups in total. The Morgan fingerprint density at radius 2 is 1.82 bits per heavy atom. The second-order valence-electron chi connectivity index (χ2n) is 6.98. The summed E-state index contributed by atoms with van der Waals surface area (Å²) in [5, 5.41) is 4.62. The van der Waals surface area contributed by atoms with Gasteiger partial charge in [-0.05, 0) is 50.3 Å². The molecule has 1 saturated heterocycles. The van der Waals surface area contributed by atoms with E-state index in [-0.39, 0.29) is 23.7 Å². The zero-order valence-corrected chi connectivity index (χ0v) is 16.8. The summed E-state index contributed by atoms with van der Waals surface area (Å²) in [6, 6.07) is 11.1. The number of thiophene rings is 1. The predicted octanol–water partition coefficient (Wildman–Crippen LogP) is 3.48. The molecule has 1 aromatic heterocycles. The van der Waals surface area contributed by atoms with Crippen molar-refractivity contribution in [1.82, 2.24) is 4.90 Å². The number of benzene rings is 1. The van der Waals surface area contributed by atoms with Crippen molar-refractivity contribution in [2.45, 2.75) is 32.8 Å². The summed E-state index contributed by atoms with van der Waals surface area (Å²) in [5.74, 6) is -1.02. The summed E-state index contributed by atoms with van der Waals surface area (Å²) in [6.45, 7) is 4.56. The molecule has 0 radical (unpaired) electrons. The number of nitrogens with zero attached hydrogens (tertiary/aromatic N) is 1. The average Bonchev–Trinajstić information content (AvgIpc) is 3.24. The molecule has 1 fully saturated rings. The van der Waals surface area contributed by atoms with Crippen LogP contribution in [0.4, 0.5) is 5.69 Å². The lowest BCUT2D eigenvalue weighted by Crippen LogP contribution is -2.41. The van der Waals surface area contributed by atoms with Crippen molar-refractivity contribution >= 4 is 34.8 Å². The maximum atomic E-state index is 12.4. The molecule has 1 aliphatic rings. The summed E-state index contributed by atoms with van der Waals surface area (Å²) in [5.41, 5.74) is 1.76. The molecule has 2 aromatic rings. The van der Waals surface area contributed by atoms with Gasteiger partial charge in [-0.15, -0.1) is 11.3 Å². The fraction of sp³-hybridized carbons (Fsp3) is 0.381. The van der Waals surface area contributed by atoms with E-state index in [9.17, 15) is 14.4 Å². The van der Waals surface area contributed by atoms with Crippen molar-refractivity contribution in [2.24, 2.45) is 5.92 Å². The lowest BCUT2D eigenvalue weighted by molar-refractivity contribution is -0.158. The molecule has 28 heavy (non-hydrogen) atoms. The molecular weight excluding hydrogens is 376 g/mol. The van der Waals surface area contributed by atoms with Crippen LogP contribution in [0.2, 0.25) is 0 Å². The maximum absolute atomic E-state index is 12.4. The molecule has 1 atom stereocenters. The highest BCUT2D eigenvalue weighted by molar-refractivity contribution is 7.12. The van der Waals surface area contributed by atoms with Crippen LogP contribution in [0.25, 0.3) is 0 Å². The molecule has 3 rings (SSSR count). The average molecular weight is 401 g/mol. The molecule has 2 amide bonds. The standard InChI is InChI=1S/C21H24N2O4S/c1-14-5-7-17(8-6-14)22-19(24)15(2)27-21(26)16-9-11-23(12-10-16)20(25)18-4-3-13-28-18/h3-8,13,15-16H,9-12H2,1-2H3,(H,22,24)/t15-/m0/s1. The highest BCUT2D eigenvalue weighted by Crippen LogP contribution is 2.22. The largest absolute Gasteiger partial charge is 0.452 e. The minimum Gasteiger partial charge on any atom is -0.452 e. The normalized spacial score (nSPS) is 15.7. The predicted molar refractivity (Wildman–Crippen MR) is 108 cm³/mol. The van der Waals surface area contributed by atoms with Gasteiger partial charge in [0.2, 0.25) is 0 Å². The molecule has 6 nitrogen and oxygen atoms in total. The van der Waals surface area contributed by atoms with Gasteiger partial charge in [-0.25, -0.2) is 0 Å². The summed E-state index contributed by atoms with van der Waals surface area (Å²) in [7, 11) is 0. The Kier molecular flexibility index (Phi) is 6.46. The van der Waals surface area contributed by atoms with E-state index in [2.05, 4.69) is 5.32 Å². The molecule has 0 saturated carbocycles. The Bertz CT molecular complexity index is 825. The SMILES string of the molecule is Cc1ccc(NC(=O)[C@H](C)OC(=O)C2CCN(C(=O)c3cccs3)CC2)cc1. The number of carbonyl (C=O) groups excluding carboxylic acids is 3. The molecule has 1 aliphatic heterocycles. The van der Waals surface area contributed by atoms with Gasteiger partial charge in [-0.2, -0.15) is 0 Å². The van der Waals surface area contributed by atoms with Gasteiger partial charge in [-0.1, -0.05) is 23.8 Å². The third-order valence-corrected chi connectivity index (χ3v) is 5.69. The lowest BCUT2D eigenvalue weighted by Gasteiger charge is -2.31. The topological polar surface area (TPSA) is 75.7 Å². The van der Waals surface area contributed by atoms with Gasteiger partial charge in [0.05, 0.1) is 10.8 Å². The van der Waals surface area contributed by atoms with Crippen molar-refractivity contribution in [3.8, 4) is 0 Å². The molecule has 0 aliphatic carbocycles. The number of anilines is 1. The number of esters is 1. The first-order chi connectivity index (χ1) is 13.4. The first kappa shape index (κ1) is 20.1. The first-order valence-electron chi connectivity index (χ1n) is 9.35. The third kappa shape index (κ3) is 4.98. The Morgan fingerprint density at radius 3 is 2.43 bits per heavy atom. The van der Waals surface area contributed by atoms with Crippen LogP contribution in [0.5, 0.6) is 0 Å². The minimum absolute atomic E-state index is 0.00709. The summed E-state index contributed by atoms with van der Waals surface area (Å²) >= 11 is 1.42. The van der Waals surface area contributed by atoms with E-state index >= 15 is 0 Å². The summed E-state index contributed by atoms with van der Waals surface area (Å²) in [6.07, 6.45) is 0.212. The quantitative estimate of drug-likeness (QED) is 0.780. The zero-order chi connectivity index (χ0) is 20.1. The van der Waals surface area contributed by atoms with E-state index in [1.54, 1.807) is 11.8 Å².